The first kappa shape index (κ1) is 14.9. The molecule has 0 heterocycles. The number of rotatable bonds is 5. The fraction of sp³-hybridized carbons (Fsp3) is 0.500. The summed E-state index contributed by atoms with van der Waals surface area (Å²) in [6.45, 7) is 2.52. The molecule has 0 unspecified atom stereocenters. The van der Waals surface area contributed by atoms with Gasteiger partial charge in [0, 0.05) is 13.1 Å². The molecule has 0 amide bonds. The average molecular weight is 296 g/mol. The maximum atomic E-state index is 13.6. The highest BCUT2D eigenvalue weighted by molar-refractivity contribution is 7.89. The van der Waals surface area contributed by atoms with Crippen molar-refractivity contribution in [2.75, 3.05) is 13.1 Å². The lowest BCUT2D eigenvalue weighted by atomic mass is 9.85. The molecule has 6 heteroatoms. The minimum absolute atomic E-state index is 0.235. The van der Waals surface area contributed by atoms with Crippen LogP contribution in [0.1, 0.15) is 31.7 Å². The third-order valence-corrected chi connectivity index (χ3v) is 5.73. The van der Waals surface area contributed by atoms with Gasteiger partial charge in [0.25, 0.3) is 0 Å². The first-order chi connectivity index (χ1) is 9.50. The topological polar surface area (TPSA) is 61.2 Å². The Labute approximate surface area is 118 Å². The lowest BCUT2D eigenvalue weighted by Crippen LogP contribution is -2.37. The smallest absolute Gasteiger partial charge is 0.207 e. The molecule has 2 rings (SSSR count). The van der Waals surface area contributed by atoms with Crippen molar-refractivity contribution in [1.82, 2.24) is 4.31 Å². The van der Waals surface area contributed by atoms with Crippen LogP contribution in [-0.2, 0) is 10.0 Å². The van der Waals surface area contributed by atoms with E-state index in [0.717, 1.165) is 25.3 Å². The van der Waals surface area contributed by atoms with Crippen molar-refractivity contribution >= 4 is 10.0 Å². The van der Waals surface area contributed by atoms with Gasteiger partial charge in [0.2, 0.25) is 10.0 Å². The van der Waals surface area contributed by atoms with Crippen LogP contribution in [0.5, 0.6) is 0 Å². The Bertz CT molecular complexity index is 633. The van der Waals surface area contributed by atoms with Crippen LogP contribution in [0.3, 0.4) is 0 Å². The molecule has 1 aliphatic carbocycles. The van der Waals surface area contributed by atoms with Gasteiger partial charge >= 0.3 is 0 Å². The summed E-state index contributed by atoms with van der Waals surface area (Å²) in [4.78, 5) is -0.235. The summed E-state index contributed by atoms with van der Waals surface area (Å²) in [5.41, 5.74) is -0.403. The molecule has 0 atom stereocenters. The molecule has 0 saturated heterocycles. The summed E-state index contributed by atoms with van der Waals surface area (Å²) in [7, 11) is -3.82. The van der Waals surface area contributed by atoms with Gasteiger partial charge in [0.15, 0.2) is 0 Å². The monoisotopic (exact) mass is 296 g/mol. The molecule has 1 aromatic carbocycles. The highest BCUT2D eigenvalue weighted by atomic mass is 32.2. The van der Waals surface area contributed by atoms with Gasteiger partial charge in [-0.3, -0.25) is 0 Å². The number of hydrogen-bond acceptors (Lipinski definition) is 3. The normalized spacial score (nSPS) is 15.9. The fourth-order valence-corrected chi connectivity index (χ4v) is 4.00. The Morgan fingerprint density at radius 1 is 1.45 bits per heavy atom. The van der Waals surface area contributed by atoms with E-state index in [4.69, 9.17) is 5.26 Å². The van der Waals surface area contributed by atoms with Crippen LogP contribution in [0.25, 0.3) is 0 Å². The standard InChI is InChI=1S/C14H17FN2O2S/c1-2-17(10-11-5-3-6-11)20(18,19)14-8-4-7-13(15)12(14)9-16/h4,7-8,11H,2-3,5-6,10H2,1H3. The van der Waals surface area contributed by atoms with E-state index < -0.39 is 21.4 Å². The maximum Gasteiger partial charge on any atom is 0.244 e. The molecular formula is C14H17FN2O2S. The molecular weight excluding hydrogens is 279 g/mol. The van der Waals surface area contributed by atoms with Crippen LogP contribution < -0.4 is 0 Å². The van der Waals surface area contributed by atoms with E-state index in [9.17, 15) is 12.8 Å². The average Bonchev–Trinajstić information content (AvgIpc) is 2.37. The Balaban J connectivity index is 2.38. The van der Waals surface area contributed by atoms with Gasteiger partial charge < -0.3 is 0 Å². The van der Waals surface area contributed by atoms with Gasteiger partial charge in [0.05, 0.1) is 0 Å². The number of benzene rings is 1. The van der Waals surface area contributed by atoms with Gasteiger partial charge in [-0.2, -0.15) is 9.57 Å². The lowest BCUT2D eigenvalue weighted by molar-refractivity contribution is 0.250. The van der Waals surface area contributed by atoms with Crippen LogP contribution in [0, 0.1) is 23.1 Å². The van der Waals surface area contributed by atoms with Crippen molar-refractivity contribution in [2.24, 2.45) is 5.92 Å². The van der Waals surface area contributed by atoms with Crippen LogP contribution in [-0.4, -0.2) is 25.8 Å². The quantitative estimate of drug-likeness (QED) is 0.838. The molecule has 1 aliphatic rings. The van der Waals surface area contributed by atoms with Gasteiger partial charge in [-0.25, -0.2) is 12.8 Å². The van der Waals surface area contributed by atoms with Crippen LogP contribution in [0.4, 0.5) is 4.39 Å². The summed E-state index contributed by atoms with van der Waals surface area (Å²) >= 11 is 0. The van der Waals surface area contributed by atoms with Crippen molar-refractivity contribution < 1.29 is 12.8 Å². The van der Waals surface area contributed by atoms with Gasteiger partial charge in [-0.05, 0) is 30.9 Å². The summed E-state index contributed by atoms with van der Waals surface area (Å²) < 4.78 is 40.1. The number of hydrogen-bond donors (Lipinski definition) is 0. The lowest BCUT2D eigenvalue weighted by Gasteiger charge is -2.31. The first-order valence-corrected chi connectivity index (χ1v) is 8.13. The van der Waals surface area contributed by atoms with E-state index in [1.165, 1.54) is 16.4 Å². The first-order valence-electron chi connectivity index (χ1n) is 6.69. The van der Waals surface area contributed by atoms with E-state index in [1.54, 1.807) is 13.0 Å². The highest BCUT2D eigenvalue weighted by Gasteiger charge is 2.30. The molecule has 108 valence electrons. The number of nitrogens with zero attached hydrogens (tertiary/aromatic N) is 2. The van der Waals surface area contributed by atoms with Gasteiger partial charge in [-0.15, -0.1) is 0 Å². The van der Waals surface area contributed by atoms with E-state index in [2.05, 4.69) is 0 Å². The van der Waals surface area contributed by atoms with E-state index in [-0.39, 0.29) is 4.90 Å². The second-order valence-electron chi connectivity index (χ2n) is 4.98. The predicted molar refractivity (Wildman–Crippen MR) is 72.9 cm³/mol. The Hall–Kier alpha value is -1.45. The number of halogens is 1. The number of sulfonamides is 1. The third-order valence-electron chi connectivity index (χ3n) is 3.74. The van der Waals surface area contributed by atoms with Crippen molar-refractivity contribution in [3.63, 3.8) is 0 Å². The highest BCUT2D eigenvalue weighted by Crippen LogP contribution is 2.30. The second-order valence-corrected chi connectivity index (χ2v) is 6.88. The molecule has 0 radical (unpaired) electrons. The van der Waals surface area contributed by atoms with Crippen LogP contribution in [0.2, 0.25) is 0 Å². The zero-order chi connectivity index (χ0) is 14.8. The molecule has 4 nitrogen and oxygen atoms in total. The predicted octanol–water partition coefficient (Wildman–Crippen LogP) is 2.51. The Kier molecular flexibility index (Phi) is 4.41. The Morgan fingerprint density at radius 3 is 2.65 bits per heavy atom. The van der Waals surface area contributed by atoms with E-state index in [1.807, 2.05) is 0 Å². The minimum atomic E-state index is -3.82. The largest absolute Gasteiger partial charge is 0.244 e. The molecule has 0 spiro atoms. The molecule has 1 saturated carbocycles. The second kappa shape index (κ2) is 5.90. The van der Waals surface area contributed by atoms with Crippen molar-refractivity contribution in [3.05, 3.63) is 29.6 Å². The molecule has 1 fully saturated rings. The molecule has 0 aromatic heterocycles. The minimum Gasteiger partial charge on any atom is -0.207 e. The summed E-state index contributed by atoms with van der Waals surface area (Å²) in [5, 5.41) is 8.98. The van der Waals surface area contributed by atoms with E-state index >= 15 is 0 Å². The van der Waals surface area contributed by atoms with Crippen molar-refractivity contribution in [1.29, 1.82) is 5.26 Å². The zero-order valence-corrected chi connectivity index (χ0v) is 12.2. The molecule has 0 aliphatic heterocycles. The Morgan fingerprint density at radius 2 is 2.15 bits per heavy atom. The van der Waals surface area contributed by atoms with Crippen molar-refractivity contribution in [3.8, 4) is 6.07 Å². The van der Waals surface area contributed by atoms with Crippen molar-refractivity contribution in [2.45, 2.75) is 31.1 Å². The van der Waals surface area contributed by atoms with E-state index in [0.29, 0.717) is 19.0 Å². The zero-order valence-electron chi connectivity index (χ0n) is 11.3. The summed E-state index contributed by atoms with van der Waals surface area (Å²) in [6, 6.07) is 5.36. The molecule has 0 bridgehead atoms. The maximum absolute atomic E-state index is 13.6. The SMILES string of the molecule is CCN(CC1CCC1)S(=O)(=O)c1cccc(F)c1C#N. The summed E-state index contributed by atoms with van der Waals surface area (Å²) in [5.74, 6) is -0.419. The van der Waals surface area contributed by atoms with Gasteiger partial charge in [0.1, 0.15) is 22.3 Å². The van der Waals surface area contributed by atoms with Gasteiger partial charge in [-0.1, -0.05) is 19.4 Å². The number of nitriles is 1. The van der Waals surface area contributed by atoms with Crippen LogP contribution >= 0.6 is 0 Å². The molecule has 1 aromatic rings. The van der Waals surface area contributed by atoms with Crippen LogP contribution in [0.15, 0.2) is 23.1 Å². The molecule has 0 N–H and O–H groups in total. The third kappa shape index (κ3) is 2.69. The summed E-state index contributed by atoms with van der Waals surface area (Å²) in [6.07, 6.45) is 3.19. The molecule has 20 heavy (non-hydrogen) atoms. The fourth-order valence-electron chi connectivity index (χ4n) is 2.33.